The molecular formula is C20H19N3O2. The summed E-state index contributed by atoms with van der Waals surface area (Å²) in [5.74, 6) is 0.583. The van der Waals surface area contributed by atoms with Gasteiger partial charge in [0.05, 0.1) is 18.1 Å². The summed E-state index contributed by atoms with van der Waals surface area (Å²) >= 11 is 0. The van der Waals surface area contributed by atoms with Crippen LogP contribution in [-0.4, -0.2) is 35.7 Å². The first-order chi connectivity index (χ1) is 12.3. The molecule has 0 saturated carbocycles. The SMILES string of the molecule is COc1cccc(C(=O)n2cc(C3=CCNCC3)c3ncccc32)c1. The van der Waals surface area contributed by atoms with Crippen LogP contribution in [0.3, 0.4) is 0 Å². The van der Waals surface area contributed by atoms with Gasteiger partial charge in [-0.25, -0.2) is 0 Å². The summed E-state index contributed by atoms with van der Waals surface area (Å²) < 4.78 is 6.93. The lowest BCUT2D eigenvalue weighted by Crippen LogP contribution is -2.20. The first-order valence-corrected chi connectivity index (χ1v) is 8.33. The lowest BCUT2D eigenvalue weighted by molar-refractivity contribution is 0.0964. The number of aromatic nitrogens is 2. The van der Waals surface area contributed by atoms with Crippen molar-refractivity contribution in [3.05, 3.63) is 66.0 Å². The monoisotopic (exact) mass is 333 g/mol. The van der Waals surface area contributed by atoms with Crippen LogP contribution >= 0.6 is 0 Å². The summed E-state index contributed by atoms with van der Waals surface area (Å²) in [4.78, 5) is 17.6. The number of fused-ring (bicyclic) bond motifs is 1. The highest BCUT2D eigenvalue weighted by atomic mass is 16.5. The molecule has 0 amide bonds. The van der Waals surface area contributed by atoms with Crippen molar-refractivity contribution in [3.63, 3.8) is 0 Å². The average Bonchev–Trinajstić information content (AvgIpc) is 3.08. The van der Waals surface area contributed by atoms with Crippen LogP contribution in [0.2, 0.25) is 0 Å². The maximum absolute atomic E-state index is 13.1. The molecule has 1 N–H and O–H groups in total. The third kappa shape index (κ3) is 2.83. The van der Waals surface area contributed by atoms with Crippen LogP contribution < -0.4 is 10.1 Å². The Hall–Kier alpha value is -2.92. The number of carbonyl (C=O) groups is 1. The van der Waals surface area contributed by atoms with E-state index in [1.54, 1.807) is 30.0 Å². The minimum Gasteiger partial charge on any atom is -0.497 e. The Balaban J connectivity index is 1.84. The number of pyridine rings is 1. The number of methoxy groups -OCH3 is 1. The van der Waals surface area contributed by atoms with Crippen LogP contribution in [0, 0.1) is 0 Å². The minimum absolute atomic E-state index is 0.0855. The quantitative estimate of drug-likeness (QED) is 0.800. The number of ether oxygens (including phenoxy) is 1. The van der Waals surface area contributed by atoms with E-state index in [4.69, 9.17) is 4.74 Å². The van der Waals surface area contributed by atoms with Crippen molar-refractivity contribution in [2.75, 3.05) is 20.2 Å². The normalized spacial score (nSPS) is 14.4. The van der Waals surface area contributed by atoms with Gasteiger partial charge in [-0.3, -0.25) is 14.3 Å². The van der Waals surface area contributed by atoms with Gasteiger partial charge in [0, 0.05) is 30.1 Å². The van der Waals surface area contributed by atoms with E-state index >= 15 is 0 Å². The molecule has 2 aromatic heterocycles. The summed E-state index contributed by atoms with van der Waals surface area (Å²) in [7, 11) is 1.60. The molecule has 0 fully saturated rings. The summed E-state index contributed by atoms with van der Waals surface area (Å²) in [6.45, 7) is 1.79. The summed E-state index contributed by atoms with van der Waals surface area (Å²) in [5.41, 5.74) is 4.55. The van der Waals surface area contributed by atoms with Crippen molar-refractivity contribution in [2.45, 2.75) is 6.42 Å². The van der Waals surface area contributed by atoms with E-state index in [0.29, 0.717) is 11.3 Å². The van der Waals surface area contributed by atoms with Crippen molar-refractivity contribution < 1.29 is 9.53 Å². The van der Waals surface area contributed by atoms with E-state index in [9.17, 15) is 4.79 Å². The topological polar surface area (TPSA) is 56.1 Å². The van der Waals surface area contributed by atoms with Crippen molar-refractivity contribution in [2.24, 2.45) is 0 Å². The predicted octanol–water partition coefficient (Wildman–Crippen LogP) is 3.11. The molecule has 0 unspecified atom stereocenters. The highest BCUT2D eigenvalue weighted by Crippen LogP contribution is 2.29. The zero-order valence-corrected chi connectivity index (χ0v) is 14.0. The Labute approximate surface area is 145 Å². The molecule has 0 atom stereocenters. The van der Waals surface area contributed by atoms with Crippen LogP contribution in [0.25, 0.3) is 16.6 Å². The van der Waals surface area contributed by atoms with Gasteiger partial charge in [0.2, 0.25) is 0 Å². The van der Waals surface area contributed by atoms with E-state index in [2.05, 4.69) is 16.4 Å². The fourth-order valence-corrected chi connectivity index (χ4v) is 3.22. The van der Waals surface area contributed by atoms with Crippen molar-refractivity contribution in [1.82, 2.24) is 14.9 Å². The molecule has 0 aliphatic carbocycles. The number of carbonyl (C=O) groups excluding carboxylic acids is 1. The lowest BCUT2D eigenvalue weighted by atomic mass is 10.0. The van der Waals surface area contributed by atoms with Gasteiger partial charge in [0.25, 0.3) is 5.91 Å². The maximum Gasteiger partial charge on any atom is 0.262 e. The number of nitrogens with one attached hydrogen (secondary N) is 1. The maximum atomic E-state index is 13.1. The second-order valence-corrected chi connectivity index (χ2v) is 6.00. The summed E-state index contributed by atoms with van der Waals surface area (Å²) in [6.07, 6.45) is 6.79. The van der Waals surface area contributed by atoms with Crippen LogP contribution in [0.1, 0.15) is 22.3 Å². The Morgan fingerprint density at radius 1 is 1.28 bits per heavy atom. The lowest BCUT2D eigenvalue weighted by Gasteiger charge is -2.12. The number of benzene rings is 1. The highest BCUT2D eigenvalue weighted by molar-refractivity contribution is 6.04. The Morgan fingerprint density at radius 2 is 2.20 bits per heavy atom. The molecule has 0 bridgehead atoms. The molecule has 4 rings (SSSR count). The molecule has 0 saturated heterocycles. The number of hydrogen-bond donors (Lipinski definition) is 1. The van der Waals surface area contributed by atoms with E-state index in [1.165, 1.54) is 5.57 Å². The van der Waals surface area contributed by atoms with E-state index in [0.717, 1.165) is 36.1 Å². The van der Waals surface area contributed by atoms with Crippen LogP contribution in [0.15, 0.2) is 54.9 Å². The Bertz CT molecular complexity index is 972. The zero-order valence-electron chi connectivity index (χ0n) is 14.0. The Kier molecular flexibility index (Phi) is 4.07. The second kappa shape index (κ2) is 6.53. The fourth-order valence-electron chi connectivity index (χ4n) is 3.22. The van der Waals surface area contributed by atoms with Gasteiger partial charge in [0.15, 0.2) is 0 Å². The molecule has 3 aromatic rings. The van der Waals surface area contributed by atoms with Crippen molar-refractivity contribution in [3.8, 4) is 5.75 Å². The molecule has 1 aromatic carbocycles. The standard InChI is InChI=1S/C20H19N3O2/c1-25-16-5-2-4-15(12-16)20(24)23-13-17(14-7-10-21-11-8-14)19-18(23)6-3-9-22-19/h2-7,9,12-13,21H,8,10-11H2,1H3. The van der Waals surface area contributed by atoms with Gasteiger partial charge in [0.1, 0.15) is 5.75 Å². The molecular weight excluding hydrogens is 314 g/mol. The number of nitrogens with zero attached hydrogens (tertiary/aromatic N) is 2. The van der Waals surface area contributed by atoms with Crippen LogP contribution in [-0.2, 0) is 0 Å². The van der Waals surface area contributed by atoms with E-state index in [1.807, 2.05) is 30.5 Å². The van der Waals surface area contributed by atoms with Gasteiger partial charge in [-0.15, -0.1) is 0 Å². The first kappa shape index (κ1) is 15.6. The molecule has 1 aliphatic rings. The van der Waals surface area contributed by atoms with Crippen LogP contribution in [0.5, 0.6) is 5.75 Å². The fraction of sp³-hybridized carbons (Fsp3) is 0.200. The third-order valence-corrected chi connectivity index (χ3v) is 4.50. The summed E-state index contributed by atoms with van der Waals surface area (Å²) in [5, 5.41) is 3.32. The molecule has 3 heterocycles. The number of rotatable bonds is 3. The average molecular weight is 333 g/mol. The molecule has 1 aliphatic heterocycles. The third-order valence-electron chi connectivity index (χ3n) is 4.50. The van der Waals surface area contributed by atoms with Gasteiger partial charge in [-0.2, -0.15) is 0 Å². The van der Waals surface area contributed by atoms with Crippen molar-refractivity contribution in [1.29, 1.82) is 0 Å². The largest absolute Gasteiger partial charge is 0.497 e. The number of hydrogen-bond acceptors (Lipinski definition) is 4. The highest BCUT2D eigenvalue weighted by Gasteiger charge is 2.19. The Morgan fingerprint density at radius 3 is 3.00 bits per heavy atom. The predicted molar refractivity (Wildman–Crippen MR) is 97.9 cm³/mol. The summed E-state index contributed by atoms with van der Waals surface area (Å²) in [6, 6.07) is 11.0. The molecule has 0 radical (unpaired) electrons. The molecule has 5 nitrogen and oxygen atoms in total. The molecule has 126 valence electrons. The van der Waals surface area contributed by atoms with E-state index < -0.39 is 0 Å². The second-order valence-electron chi connectivity index (χ2n) is 6.00. The van der Waals surface area contributed by atoms with Gasteiger partial charge >= 0.3 is 0 Å². The van der Waals surface area contributed by atoms with Gasteiger partial charge in [-0.1, -0.05) is 12.1 Å². The van der Waals surface area contributed by atoms with Gasteiger partial charge in [-0.05, 0) is 48.9 Å². The molecule has 0 spiro atoms. The minimum atomic E-state index is -0.0855. The molecule has 25 heavy (non-hydrogen) atoms. The zero-order chi connectivity index (χ0) is 17.2. The van der Waals surface area contributed by atoms with Crippen molar-refractivity contribution >= 4 is 22.5 Å². The first-order valence-electron chi connectivity index (χ1n) is 8.33. The molecule has 5 heteroatoms. The smallest absolute Gasteiger partial charge is 0.262 e. The van der Waals surface area contributed by atoms with E-state index in [-0.39, 0.29) is 5.91 Å². The van der Waals surface area contributed by atoms with Crippen LogP contribution in [0.4, 0.5) is 0 Å². The van der Waals surface area contributed by atoms with Gasteiger partial charge < -0.3 is 10.1 Å².